The van der Waals surface area contributed by atoms with Crippen molar-refractivity contribution in [3.63, 3.8) is 0 Å². The van der Waals surface area contributed by atoms with Gasteiger partial charge in [-0.2, -0.15) is 0 Å². The van der Waals surface area contributed by atoms with Gasteiger partial charge in [0.2, 0.25) is 0 Å². The maximum absolute atomic E-state index is 6.41. The van der Waals surface area contributed by atoms with E-state index in [0.717, 1.165) is 20.1 Å². The van der Waals surface area contributed by atoms with Crippen LogP contribution in [0.1, 0.15) is 37.4 Å². The van der Waals surface area contributed by atoms with Crippen LogP contribution in [0.5, 0.6) is 0 Å². The average Bonchev–Trinajstić information content (AvgIpc) is 2.45. The first-order chi connectivity index (χ1) is 6.38. The summed E-state index contributed by atoms with van der Waals surface area (Å²) in [5, 5.41) is 0.0290. The predicted molar refractivity (Wildman–Crippen MR) is 69.7 cm³/mol. The van der Waals surface area contributed by atoms with Gasteiger partial charge in [0.15, 0.2) is 0 Å². The summed E-state index contributed by atoms with van der Waals surface area (Å²) in [6.07, 6.45) is 1.05. The zero-order valence-corrected chi connectivity index (χ0v) is 12.3. The maximum atomic E-state index is 6.41. The summed E-state index contributed by atoms with van der Waals surface area (Å²) in [7, 11) is 0. The third-order valence-corrected chi connectivity index (χ3v) is 6.01. The molecule has 1 unspecified atom stereocenters. The molecule has 1 aromatic rings. The largest absolute Gasteiger partial charge is 0.126 e. The Hall–Kier alpha value is 0.760. The van der Waals surface area contributed by atoms with E-state index in [1.54, 1.807) is 11.3 Å². The van der Waals surface area contributed by atoms with Crippen molar-refractivity contribution < 1.29 is 0 Å². The smallest absolute Gasteiger partial charge is 0.107 e. The lowest BCUT2D eigenvalue weighted by Gasteiger charge is -2.27. The highest BCUT2D eigenvalue weighted by molar-refractivity contribution is 9.10. The molecule has 14 heavy (non-hydrogen) atoms. The van der Waals surface area contributed by atoms with Crippen molar-refractivity contribution in [2.24, 2.45) is 5.41 Å². The predicted octanol–water partition coefficient (Wildman–Crippen LogP) is 5.88. The minimum absolute atomic E-state index is 0.0290. The molecule has 1 atom stereocenters. The van der Waals surface area contributed by atoms with Gasteiger partial charge < -0.3 is 0 Å². The SMILES string of the molecule is CCC(C)(C)C(Cl)c1cc(Br)c(Cl)s1. The number of thiophene rings is 1. The Morgan fingerprint density at radius 1 is 1.57 bits per heavy atom. The molecule has 0 nitrogen and oxygen atoms in total. The Balaban J connectivity index is 2.94. The summed E-state index contributed by atoms with van der Waals surface area (Å²) in [6, 6.07) is 2.02. The topological polar surface area (TPSA) is 0 Å². The summed E-state index contributed by atoms with van der Waals surface area (Å²) < 4.78 is 1.72. The van der Waals surface area contributed by atoms with Crippen LogP contribution < -0.4 is 0 Å². The molecule has 0 bridgehead atoms. The maximum Gasteiger partial charge on any atom is 0.107 e. The zero-order chi connectivity index (χ0) is 10.9. The number of rotatable bonds is 3. The molecule has 0 aliphatic carbocycles. The lowest BCUT2D eigenvalue weighted by atomic mass is 9.85. The number of alkyl halides is 1. The summed E-state index contributed by atoms with van der Waals surface area (Å²) in [5.41, 5.74) is 0.106. The molecule has 0 aromatic carbocycles. The minimum atomic E-state index is 0.0290. The van der Waals surface area contributed by atoms with Crippen molar-refractivity contribution in [2.45, 2.75) is 32.6 Å². The minimum Gasteiger partial charge on any atom is -0.126 e. The van der Waals surface area contributed by atoms with Crippen LogP contribution in [0.3, 0.4) is 0 Å². The van der Waals surface area contributed by atoms with E-state index in [9.17, 15) is 0 Å². The molecule has 0 N–H and O–H groups in total. The Morgan fingerprint density at radius 3 is 2.50 bits per heavy atom. The molecule has 0 aliphatic heterocycles. The van der Waals surface area contributed by atoms with Gasteiger partial charge in [0.1, 0.15) is 4.34 Å². The van der Waals surface area contributed by atoms with Crippen molar-refractivity contribution in [3.8, 4) is 0 Å². The normalized spacial score (nSPS) is 14.4. The second-order valence-corrected chi connectivity index (χ2v) is 6.95. The van der Waals surface area contributed by atoms with Gasteiger partial charge in [-0.1, -0.05) is 32.4 Å². The molecule has 0 saturated heterocycles. The molecular weight excluding hydrogens is 303 g/mol. The van der Waals surface area contributed by atoms with Gasteiger partial charge in [-0.3, -0.25) is 0 Å². The van der Waals surface area contributed by atoms with E-state index >= 15 is 0 Å². The van der Waals surface area contributed by atoms with Crippen LogP contribution in [-0.2, 0) is 0 Å². The van der Waals surface area contributed by atoms with Crippen LogP contribution in [0, 0.1) is 5.41 Å². The van der Waals surface area contributed by atoms with Crippen LogP contribution in [-0.4, -0.2) is 0 Å². The van der Waals surface area contributed by atoms with E-state index in [1.165, 1.54) is 0 Å². The highest BCUT2D eigenvalue weighted by atomic mass is 79.9. The van der Waals surface area contributed by atoms with Crippen molar-refractivity contribution in [3.05, 3.63) is 19.8 Å². The van der Waals surface area contributed by atoms with E-state index in [0.29, 0.717) is 0 Å². The van der Waals surface area contributed by atoms with Crippen molar-refractivity contribution in [2.75, 3.05) is 0 Å². The van der Waals surface area contributed by atoms with Gasteiger partial charge in [0, 0.05) is 9.35 Å². The average molecular weight is 316 g/mol. The van der Waals surface area contributed by atoms with Crippen LogP contribution in [0.2, 0.25) is 4.34 Å². The van der Waals surface area contributed by atoms with Gasteiger partial charge >= 0.3 is 0 Å². The van der Waals surface area contributed by atoms with E-state index in [4.69, 9.17) is 23.2 Å². The molecule has 0 spiro atoms. The third kappa shape index (κ3) is 2.66. The molecule has 0 radical (unpaired) electrons. The molecule has 0 amide bonds. The fourth-order valence-corrected chi connectivity index (χ4v) is 3.33. The first kappa shape index (κ1) is 12.8. The van der Waals surface area contributed by atoms with Gasteiger partial charge in [0.25, 0.3) is 0 Å². The molecular formula is C10H13BrCl2S. The van der Waals surface area contributed by atoms with E-state index in [1.807, 2.05) is 6.07 Å². The first-order valence-electron chi connectivity index (χ1n) is 4.47. The molecule has 0 fully saturated rings. The standard InChI is InChI=1S/C10H13BrCl2S/c1-4-10(2,3)8(12)7-5-6(11)9(13)14-7/h5,8H,4H2,1-3H3. The van der Waals surface area contributed by atoms with E-state index in [-0.39, 0.29) is 10.8 Å². The third-order valence-electron chi connectivity index (χ3n) is 2.51. The monoisotopic (exact) mass is 314 g/mol. The van der Waals surface area contributed by atoms with Gasteiger partial charge in [-0.05, 0) is 33.8 Å². The summed E-state index contributed by atoms with van der Waals surface area (Å²) >= 11 is 17.3. The Morgan fingerprint density at radius 2 is 2.14 bits per heavy atom. The van der Waals surface area contributed by atoms with Gasteiger partial charge in [-0.15, -0.1) is 22.9 Å². The first-order valence-corrected chi connectivity index (χ1v) is 6.89. The fourth-order valence-electron chi connectivity index (χ4n) is 1.05. The quantitative estimate of drug-likeness (QED) is 0.611. The van der Waals surface area contributed by atoms with Crippen molar-refractivity contribution in [1.82, 2.24) is 0 Å². The number of halogens is 3. The lowest BCUT2D eigenvalue weighted by Crippen LogP contribution is -2.15. The van der Waals surface area contributed by atoms with E-state index in [2.05, 4.69) is 36.7 Å². The summed E-state index contributed by atoms with van der Waals surface area (Å²) in [6.45, 7) is 6.50. The highest BCUT2D eigenvalue weighted by Gasteiger charge is 2.29. The Kier molecular flexibility index (Phi) is 4.34. The second kappa shape index (κ2) is 4.73. The molecule has 1 aromatic heterocycles. The molecule has 0 saturated carbocycles. The second-order valence-electron chi connectivity index (χ2n) is 3.98. The lowest BCUT2D eigenvalue weighted by molar-refractivity contribution is 0.339. The number of hydrogen-bond donors (Lipinski definition) is 0. The van der Waals surface area contributed by atoms with Crippen molar-refractivity contribution >= 4 is 50.5 Å². The molecule has 0 aliphatic rings. The molecule has 1 heterocycles. The number of hydrogen-bond acceptors (Lipinski definition) is 1. The highest BCUT2D eigenvalue weighted by Crippen LogP contribution is 2.46. The van der Waals surface area contributed by atoms with Crippen LogP contribution in [0.15, 0.2) is 10.5 Å². The molecule has 4 heteroatoms. The van der Waals surface area contributed by atoms with Gasteiger partial charge in [0.05, 0.1) is 5.38 Å². The summed E-state index contributed by atoms with van der Waals surface area (Å²) in [5.74, 6) is 0. The zero-order valence-electron chi connectivity index (χ0n) is 8.40. The van der Waals surface area contributed by atoms with Crippen molar-refractivity contribution in [1.29, 1.82) is 0 Å². The van der Waals surface area contributed by atoms with Gasteiger partial charge in [-0.25, -0.2) is 0 Å². The molecule has 1 rings (SSSR count). The van der Waals surface area contributed by atoms with Crippen LogP contribution in [0.4, 0.5) is 0 Å². The fraction of sp³-hybridized carbons (Fsp3) is 0.600. The Labute approximate surface area is 108 Å². The van der Waals surface area contributed by atoms with E-state index < -0.39 is 0 Å². The van der Waals surface area contributed by atoms with Crippen LogP contribution >= 0.6 is 50.5 Å². The summed E-state index contributed by atoms with van der Waals surface area (Å²) in [4.78, 5) is 1.13. The Bertz CT molecular complexity index is 300. The van der Waals surface area contributed by atoms with Crippen LogP contribution in [0.25, 0.3) is 0 Å². The molecule has 80 valence electrons.